The summed E-state index contributed by atoms with van der Waals surface area (Å²) in [5.74, 6) is -0.0112. The van der Waals surface area contributed by atoms with Gasteiger partial charge < -0.3 is 9.72 Å². The minimum absolute atomic E-state index is 0.0112. The molecule has 4 aromatic rings. The molecule has 7 heteroatoms. The van der Waals surface area contributed by atoms with Crippen molar-refractivity contribution in [3.8, 4) is 10.6 Å². The van der Waals surface area contributed by atoms with Gasteiger partial charge in [-0.15, -0.1) is 11.3 Å². The predicted octanol–water partition coefficient (Wildman–Crippen LogP) is 3.06. The van der Waals surface area contributed by atoms with Crippen LogP contribution in [0.3, 0.4) is 0 Å². The molecule has 0 aliphatic carbocycles. The molecular formula is C20H19N5OS. The summed E-state index contributed by atoms with van der Waals surface area (Å²) in [6.45, 7) is 2.58. The fraction of sp³-hybridized carbons (Fsp3) is 0.200. The van der Waals surface area contributed by atoms with Crippen molar-refractivity contribution < 1.29 is 4.79 Å². The van der Waals surface area contributed by atoms with E-state index in [4.69, 9.17) is 0 Å². The van der Waals surface area contributed by atoms with Crippen LogP contribution in [0.2, 0.25) is 0 Å². The molecule has 0 saturated heterocycles. The Kier molecular flexibility index (Phi) is 4.93. The number of amides is 1. The molecule has 0 fully saturated rings. The predicted molar refractivity (Wildman–Crippen MR) is 106 cm³/mol. The number of fused-ring (bicyclic) bond motifs is 1. The molecule has 0 aliphatic heterocycles. The largest absolute Gasteiger partial charge is 0.355 e. The SMILES string of the molecule is Cc1cccn2c(CC(=O)NCCc3csc(-c4ccncc4)n3)cnc12. The molecule has 0 spiro atoms. The van der Waals surface area contributed by atoms with Gasteiger partial charge in [0.25, 0.3) is 0 Å². The lowest BCUT2D eigenvalue weighted by Crippen LogP contribution is -2.27. The highest BCUT2D eigenvalue weighted by Crippen LogP contribution is 2.22. The van der Waals surface area contributed by atoms with E-state index < -0.39 is 0 Å². The third-order valence-corrected chi connectivity index (χ3v) is 5.27. The molecule has 0 atom stereocenters. The van der Waals surface area contributed by atoms with Crippen LogP contribution < -0.4 is 5.32 Å². The quantitative estimate of drug-likeness (QED) is 0.561. The van der Waals surface area contributed by atoms with E-state index in [1.165, 1.54) is 0 Å². The van der Waals surface area contributed by atoms with E-state index >= 15 is 0 Å². The summed E-state index contributed by atoms with van der Waals surface area (Å²) in [6, 6.07) is 7.87. The van der Waals surface area contributed by atoms with E-state index in [0.717, 1.165) is 33.2 Å². The summed E-state index contributed by atoms with van der Waals surface area (Å²) in [6.07, 6.45) is 8.25. The number of rotatable bonds is 6. The molecule has 1 N–H and O–H groups in total. The van der Waals surface area contributed by atoms with Crippen LogP contribution in [0.5, 0.6) is 0 Å². The molecular weight excluding hydrogens is 358 g/mol. The van der Waals surface area contributed by atoms with Gasteiger partial charge in [-0.05, 0) is 30.7 Å². The molecule has 4 aromatic heterocycles. The van der Waals surface area contributed by atoms with E-state index in [9.17, 15) is 4.79 Å². The summed E-state index contributed by atoms with van der Waals surface area (Å²) >= 11 is 1.60. The van der Waals surface area contributed by atoms with Gasteiger partial charge in [0, 0.05) is 48.7 Å². The van der Waals surface area contributed by atoms with Crippen LogP contribution in [0.4, 0.5) is 0 Å². The van der Waals surface area contributed by atoms with E-state index in [1.807, 2.05) is 47.2 Å². The van der Waals surface area contributed by atoms with Gasteiger partial charge in [-0.2, -0.15) is 0 Å². The van der Waals surface area contributed by atoms with Crippen LogP contribution in [-0.2, 0) is 17.6 Å². The molecule has 0 radical (unpaired) electrons. The van der Waals surface area contributed by atoms with Gasteiger partial charge in [-0.25, -0.2) is 9.97 Å². The van der Waals surface area contributed by atoms with Crippen LogP contribution >= 0.6 is 11.3 Å². The molecule has 1 amide bonds. The standard InChI is InChI=1S/C20H19N5OS/c1-14-3-2-10-25-17(12-23-19(14)25)11-18(26)22-9-6-16-13-27-20(24-16)15-4-7-21-8-5-15/h2-5,7-8,10,12-13H,6,9,11H2,1H3,(H,22,26). The molecule has 6 nitrogen and oxygen atoms in total. The summed E-state index contributed by atoms with van der Waals surface area (Å²) < 4.78 is 1.97. The second-order valence-corrected chi connectivity index (χ2v) is 7.15. The van der Waals surface area contributed by atoms with Crippen molar-refractivity contribution >= 4 is 22.9 Å². The average Bonchev–Trinajstić information content (AvgIpc) is 3.31. The van der Waals surface area contributed by atoms with Crippen LogP contribution in [0, 0.1) is 6.92 Å². The Morgan fingerprint density at radius 3 is 2.96 bits per heavy atom. The fourth-order valence-corrected chi connectivity index (χ4v) is 3.80. The van der Waals surface area contributed by atoms with Crippen molar-refractivity contribution in [2.75, 3.05) is 6.54 Å². The number of carbonyl (C=O) groups excluding carboxylic acids is 1. The van der Waals surface area contributed by atoms with Gasteiger partial charge in [-0.1, -0.05) is 6.07 Å². The molecule has 0 aromatic carbocycles. The van der Waals surface area contributed by atoms with Crippen molar-refractivity contribution in [3.05, 3.63) is 71.4 Å². The van der Waals surface area contributed by atoms with E-state index in [0.29, 0.717) is 19.4 Å². The third kappa shape index (κ3) is 3.88. The van der Waals surface area contributed by atoms with Crippen molar-refractivity contribution in [2.45, 2.75) is 19.8 Å². The lowest BCUT2D eigenvalue weighted by molar-refractivity contribution is -0.120. The lowest BCUT2D eigenvalue weighted by Gasteiger charge is -2.05. The summed E-state index contributed by atoms with van der Waals surface area (Å²) in [7, 11) is 0. The van der Waals surface area contributed by atoms with Gasteiger partial charge in [0.15, 0.2) is 0 Å². The average molecular weight is 377 g/mol. The monoisotopic (exact) mass is 377 g/mol. The zero-order chi connectivity index (χ0) is 18.6. The second kappa shape index (κ2) is 7.67. The molecule has 0 bridgehead atoms. The molecule has 27 heavy (non-hydrogen) atoms. The number of thiazole rings is 1. The Morgan fingerprint density at radius 2 is 2.11 bits per heavy atom. The first kappa shape index (κ1) is 17.4. The number of pyridine rings is 2. The molecule has 4 heterocycles. The number of imidazole rings is 1. The van der Waals surface area contributed by atoms with Crippen LogP contribution in [-0.4, -0.2) is 31.8 Å². The smallest absolute Gasteiger partial charge is 0.226 e. The van der Waals surface area contributed by atoms with Crippen LogP contribution in [0.15, 0.2) is 54.4 Å². The first-order valence-electron chi connectivity index (χ1n) is 8.74. The fourth-order valence-electron chi connectivity index (χ4n) is 2.94. The van der Waals surface area contributed by atoms with Gasteiger partial charge >= 0.3 is 0 Å². The zero-order valence-electron chi connectivity index (χ0n) is 14.9. The number of hydrogen-bond donors (Lipinski definition) is 1. The Labute approximate surface area is 160 Å². The molecule has 0 saturated carbocycles. The third-order valence-electron chi connectivity index (χ3n) is 4.33. The number of nitrogens with zero attached hydrogens (tertiary/aromatic N) is 4. The first-order valence-corrected chi connectivity index (χ1v) is 9.62. The van der Waals surface area contributed by atoms with Crippen molar-refractivity contribution in [3.63, 3.8) is 0 Å². The highest BCUT2D eigenvalue weighted by molar-refractivity contribution is 7.13. The number of hydrogen-bond acceptors (Lipinski definition) is 5. The Hall–Kier alpha value is -3.06. The summed E-state index contributed by atoms with van der Waals surface area (Å²) in [5.41, 5.74) is 4.93. The molecule has 4 rings (SSSR count). The van der Waals surface area contributed by atoms with Gasteiger partial charge in [0.05, 0.1) is 17.8 Å². The Bertz CT molecular complexity index is 1070. The van der Waals surface area contributed by atoms with E-state index in [1.54, 1.807) is 29.9 Å². The topological polar surface area (TPSA) is 72.2 Å². The van der Waals surface area contributed by atoms with Crippen molar-refractivity contribution in [1.29, 1.82) is 0 Å². The normalized spacial score (nSPS) is 11.0. The second-order valence-electron chi connectivity index (χ2n) is 6.29. The molecule has 0 aliphatic rings. The Morgan fingerprint density at radius 1 is 1.26 bits per heavy atom. The summed E-state index contributed by atoms with van der Waals surface area (Å²) in [5, 5.41) is 5.98. The lowest BCUT2D eigenvalue weighted by atomic mass is 10.2. The van der Waals surface area contributed by atoms with Gasteiger partial charge in [0.2, 0.25) is 5.91 Å². The van der Waals surface area contributed by atoms with Crippen LogP contribution in [0.25, 0.3) is 16.2 Å². The molecule has 0 unspecified atom stereocenters. The minimum Gasteiger partial charge on any atom is -0.355 e. The first-order chi connectivity index (χ1) is 13.2. The Balaban J connectivity index is 1.32. The van der Waals surface area contributed by atoms with E-state index in [-0.39, 0.29) is 5.91 Å². The zero-order valence-corrected chi connectivity index (χ0v) is 15.7. The van der Waals surface area contributed by atoms with Gasteiger partial charge in [-0.3, -0.25) is 9.78 Å². The number of aryl methyl sites for hydroxylation is 1. The molecule has 136 valence electrons. The summed E-state index contributed by atoms with van der Waals surface area (Å²) in [4.78, 5) is 25.3. The van der Waals surface area contributed by atoms with Gasteiger partial charge in [0.1, 0.15) is 10.7 Å². The number of aromatic nitrogens is 4. The number of nitrogens with one attached hydrogen (secondary N) is 1. The maximum Gasteiger partial charge on any atom is 0.226 e. The maximum absolute atomic E-state index is 12.3. The van der Waals surface area contributed by atoms with E-state index in [2.05, 4.69) is 20.3 Å². The minimum atomic E-state index is -0.0112. The highest BCUT2D eigenvalue weighted by Gasteiger charge is 2.10. The van der Waals surface area contributed by atoms with Crippen LogP contribution in [0.1, 0.15) is 17.0 Å². The highest BCUT2D eigenvalue weighted by atomic mass is 32.1. The van der Waals surface area contributed by atoms with Crippen molar-refractivity contribution in [1.82, 2.24) is 24.7 Å². The maximum atomic E-state index is 12.3. The van der Waals surface area contributed by atoms with Crippen molar-refractivity contribution in [2.24, 2.45) is 0 Å². The number of carbonyl (C=O) groups is 1.